The summed E-state index contributed by atoms with van der Waals surface area (Å²) in [4.78, 5) is 142. The molecule has 2 atom stereocenters. The van der Waals surface area contributed by atoms with Crippen molar-refractivity contribution in [1.29, 1.82) is 0 Å². The highest BCUT2D eigenvalue weighted by atomic mass is 19.1. The number of pyridine rings is 4. The van der Waals surface area contributed by atoms with Crippen molar-refractivity contribution >= 4 is 92.3 Å². The van der Waals surface area contributed by atoms with Gasteiger partial charge in [0.15, 0.2) is 0 Å². The number of carboxylic acid groups (broad SMARTS) is 1. The van der Waals surface area contributed by atoms with Gasteiger partial charge in [0.1, 0.15) is 46.7 Å². The Morgan fingerprint density at radius 2 is 0.930 bits per heavy atom. The summed E-state index contributed by atoms with van der Waals surface area (Å²) in [5.74, 6) is -7.36. The van der Waals surface area contributed by atoms with Gasteiger partial charge in [-0.3, -0.25) is 78.1 Å². The molecule has 114 heavy (non-hydrogen) atoms. The standard InChI is InChI=1S/C41H43F2N7O5.C21H17F2N3O3.C20H28N4O3.CH3F.CH4/c1-44-37-29-18-28(32(43)19-33(29)46-21-30(37)39(53)48-26-10-11-26)24-9-12-27(31(42)17-24)38(52)45-15-7-5-3-2-4-6-8-23-16-25-22-50(41(55)36(25)47-20-23)34-13-14-35(51)49-40(34)54;1-24-19-14-7-13(10-2-5-12(21(28)29)16(22)6-10)17(23)8-18(14)25-9-15(19)20(27)26-11-3-4-11;21-10-6-4-2-1-3-5-7-14-11-15-13-24(20(27)18(15)22-12-14)16-8-9-17(25)23-19(16)26;1-2;/h9,12,16-21,26,34H,2-8,10-11,13-15,22H2,1H3,(H,44,46)(H,45,52)(H,48,53)(H,49,51,54);2,5-9,11H,3-4H2,1H3,(H,24,25)(H,26,27)(H,28,29);11-12,16H,1-10,13,21H2,(H,23,25,26);1H3;1H4/i;;;1D;. The zero-order valence-corrected chi connectivity index (χ0v) is 62.8. The number of anilines is 2. The number of hydrogen-bond donors (Lipinski definition) is 9. The lowest BCUT2D eigenvalue weighted by atomic mass is 9.99. The number of carbonyl (C=O) groups is 10. The van der Waals surface area contributed by atoms with Crippen LogP contribution in [-0.4, -0.2) is 152 Å². The summed E-state index contributed by atoms with van der Waals surface area (Å²) in [6, 6.07) is 16.0. The quantitative estimate of drug-likeness (QED) is 0.0119. The van der Waals surface area contributed by atoms with Crippen LogP contribution in [0.5, 0.6) is 0 Å². The van der Waals surface area contributed by atoms with Crippen LogP contribution in [0, 0.1) is 23.3 Å². The van der Waals surface area contributed by atoms with Crippen molar-refractivity contribution in [2.24, 2.45) is 5.73 Å². The number of imide groups is 2. The molecule has 4 aliphatic heterocycles. The molecular formula is C84H95F5N14O11. The van der Waals surface area contributed by atoms with Gasteiger partial charge in [-0.15, -0.1) is 0 Å². The number of aryl methyl sites for hydroxylation is 2. The molecule has 602 valence electrons. The van der Waals surface area contributed by atoms with Gasteiger partial charge >= 0.3 is 5.97 Å². The van der Waals surface area contributed by atoms with E-state index in [0.717, 1.165) is 137 Å². The zero-order valence-electron chi connectivity index (χ0n) is 63.8. The summed E-state index contributed by atoms with van der Waals surface area (Å²) < 4.78 is 74.8. The van der Waals surface area contributed by atoms with Crippen LogP contribution in [0.1, 0.15) is 222 Å². The van der Waals surface area contributed by atoms with Crippen LogP contribution < -0.4 is 43.0 Å². The van der Waals surface area contributed by atoms with E-state index in [1.165, 1.54) is 79.4 Å². The van der Waals surface area contributed by atoms with Gasteiger partial charge in [0.25, 0.3) is 29.5 Å². The van der Waals surface area contributed by atoms with Crippen molar-refractivity contribution in [2.75, 3.05) is 45.0 Å². The van der Waals surface area contributed by atoms with Gasteiger partial charge in [0.2, 0.25) is 23.6 Å². The number of fused-ring (bicyclic) bond motifs is 4. The molecule has 14 rings (SSSR count). The van der Waals surface area contributed by atoms with E-state index in [0.29, 0.717) is 88.2 Å². The fourth-order valence-electron chi connectivity index (χ4n) is 14.4. The number of rotatable bonds is 29. The van der Waals surface area contributed by atoms with E-state index in [-0.39, 0.29) is 102 Å². The SMILES string of the molecule is C.CNc1c(C(=O)NC2CC2)cnc2cc(F)c(-c3ccc(C(=O)NCCCCCCCCc4cnc5c(c4)CN(C4CCC(=O)NC4=O)C5=O)c(F)c3)cc12.CNc1c(C(=O)NC2CC2)cnc2cc(F)c(-c3ccc(C(=O)O)c(F)c3)cc12.NCCCCCCCCc1cnc2c(c1)CN(C1CCC(=O)NC1=O)C2=O.[2H]CF. The lowest BCUT2D eigenvalue weighted by molar-refractivity contribution is -0.138. The molecule has 25 nitrogen and oxygen atoms in total. The van der Waals surface area contributed by atoms with Crippen LogP contribution in [0.4, 0.5) is 33.3 Å². The monoisotopic (exact) mass is 1570 g/mol. The topological polar surface area (TPSA) is 359 Å². The first-order valence-corrected chi connectivity index (χ1v) is 38.1. The predicted molar refractivity (Wildman–Crippen MR) is 420 cm³/mol. The third-order valence-electron chi connectivity index (χ3n) is 20.7. The molecule has 2 saturated heterocycles. The minimum absolute atomic E-state index is 0. The average Bonchev–Trinajstić information content (AvgIpc) is 1.64. The Morgan fingerprint density at radius 3 is 1.32 bits per heavy atom. The Morgan fingerprint density at radius 1 is 0.518 bits per heavy atom. The smallest absolute Gasteiger partial charge is 0.338 e. The van der Waals surface area contributed by atoms with E-state index >= 15 is 8.78 Å². The van der Waals surface area contributed by atoms with Crippen molar-refractivity contribution in [1.82, 2.24) is 56.3 Å². The van der Waals surface area contributed by atoms with E-state index in [4.69, 9.17) is 12.2 Å². The van der Waals surface area contributed by atoms with Crippen LogP contribution in [0.15, 0.2) is 97.6 Å². The molecule has 6 aliphatic rings. The number of piperidine rings is 2. The van der Waals surface area contributed by atoms with E-state index in [2.05, 4.69) is 57.2 Å². The van der Waals surface area contributed by atoms with Crippen LogP contribution in [0.3, 0.4) is 0 Å². The molecule has 2 saturated carbocycles. The van der Waals surface area contributed by atoms with Crippen LogP contribution in [0.2, 0.25) is 0 Å². The number of nitrogens with one attached hydrogen (secondary N) is 7. The molecule has 0 bridgehead atoms. The molecule has 2 aliphatic carbocycles. The first-order valence-electron chi connectivity index (χ1n) is 38.9. The number of hydrogen-bond acceptors (Lipinski definition) is 17. The van der Waals surface area contributed by atoms with Gasteiger partial charge < -0.3 is 47.2 Å². The van der Waals surface area contributed by atoms with E-state index in [1.54, 1.807) is 37.5 Å². The summed E-state index contributed by atoms with van der Waals surface area (Å²) in [7, 11) is 2.32. The molecule has 10 N–H and O–H groups in total. The Bertz CT molecular complexity index is 5010. The van der Waals surface area contributed by atoms with Crippen LogP contribution >= 0.6 is 0 Å². The third kappa shape index (κ3) is 20.6. The van der Waals surface area contributed by atoms with Crippen LogP contribution in [-0.2, 0) is 45.1 Å². The van der Waals surface area contributed by atoms with Crippen LogP contribution in [0.25, 0.3) is 44.1 Å². The van der Waals surface area contributed by atoms with Gasteiger partial charge in [-0.05, 0) is 142 Å². The Hall–Kier alpha value is -11.7. The highest BCUT2D eigenvalue weighted by Gasteiger charge is 2.42. The number of benzene rings is 4. The number of alkyl halides is 1. The van der Waals surface area contributed by atoms with Crippen molar-refractivity contribution in [3.8, 4) is 22.3 Å². The Labute approximate surface area is 657 Å². The summed E-state index contributed by atoms with van der Waals surface area (Å²) in [6.45, 7) is 1.86. The predicted octanol–water partition coefficient (Wildman–Crippen LogP) is 12.3. The maximum Gasteiger partial charge on any atom is 0.338 e. The van der Waals surface area contributed by atoms with E-state index in [1.807, 2.05) is 12.1 Å². The summed E-state index contributed by atoms with van der Waals surface area (Å²) in [5, 5.41) is 29.2. The van der Waals surface area contributed by atoms with Gasteiger partial charge in [-0.25, -0.2) is 22.4 Å². The molecular weight excluding hydrogens is 1480 g/mol. The number of carbonyl (C=O) groups excluding carboxylic acids is 9. The molecule has 9 amide bonds. The second-order valence-corrected chi connectivity index (χ2v) is 28.8. The molecule has 8 aromatic rings. The highest BCUT2D eigenvalue weighted by Crippen LogP contribution is 2.37. The fourth-order valence-corrected chi connectivity index (χ4v) is 14.4. The molecule has 4 aromatic heterocycles. The lowest BCUT2D eigenvalue weighted by Crippen LogP contribution is -2.52. The number of carboxylic acids is 1. The molecule has 8 heterocycles. The van der Waals surface area contributed by atoms with E-state index < -0.39 is 65.9 Å². The fraction of sp³-hybridized carbons (Fsp3) is 0.405. The average molecular weight is 1570 g/mol. The number of unbranched alkanes of at least 4 members (excludes halogenated alkanes) is 10. The molecule has 2 unspecified atom stereocenters. The minimum Gasteiger partial charge on any atom is -0.478 e. The largest absolute Gasteiger partial charge is 0.478 e. The number of amides is 9. The lowest BCUT2D eigenvalue weighted by Gasteiger charge is -2.29. The number of aromatic carboxylic acids is 1. The van der Waals surface area contributed by atoms with E-state index in [9.17, 15) is 61.1 Å². The van der Waals surface area contributed by atoms with Crippen molar-refractivity contribution in [3.05, 3.63) is 177 Å². The van der Waals surface area contributed by atoms with Crippen molar-refractivity contribution in [3.63, 3.8) is 0 Å². The normalized spacial score (nSPS) is 16.2. The first kappa shape index (κ1) is 83.3. The number of nitrogens with zero attached hydrogens (tertiary/aromatic N) is 6. The van der Waals surface area contributed by atoms with Gasteiger partial charge in [-0.2, -0.15) is 0 Å². The molecule has 30 heteroatoms. The van der Waals surface area contributed by atoms with Crippen molar-refractivity contribution in [2.45, 2.75) is 186 Å². The summed E-state index contributed by atoms with van der Waals surface area (Å²) in [6.07, 6.45) is 25.6. The second kappa shape index (κ2) is 39.2. The Kier molecular flexibility index (Phi) is 28.6. The number of aromatic nitrogens is 4. The zero-order chi connectivity index (χ0) is 81.3. The first-order chi connectivity index (χ1) is 55.0. The highest BCUT2D eigenvalue weighted by molar-refractivity contribution is 6.10. The molecule has 0 radical (unpaired) electrons. The maximum atomic E-state index is 15.3. The minimum atomic E-state index is -1.40. The maximum absolute atomic E-state index is 15.3. The molecule has 4 aromatic carbocycles. The number of halogens is 5. The third-order valence-corrected chi connectivity index (χ3v) is 20.7. The Balaban J connectivity index is 0.000000196. The van der Waals surface area contributed by atoms with Gasteiger partial charge in [0.05, 0.1) is 53.2 Å². The van der Waals surface area contributed by atoms with Crippen molar-refractivity contribution < 1.29 is 76.4 Å². The second-order valence-electron chi connectivity index (χ2n) is 28.8. The van der Waals surface area contributed by atoms with Gasteiger partial charge in [-0.1, -0.05) is 83.1 Å². The summed E-state index contributed by atoms with van der Waals surface area (Å²) in [5.41, 5.74) is 12.5. The molecule has 4 fully saturated rings. The molecule has 0 spiro atoms. The number of nitrogens with two attached hydrogens (primary N) is 1. The summed E-state index contributed by atoms with van der Waals surface area (Å²) >= 11 is 0. The van der Waals surface area contributed by atoms with Gasteiger partial charge in [0, 0.05) is 129 Å².